The van der Waals surface area contributed by atoms with Gasteiger partial charge in [-0.2, -0.15) is 0 Å². The monoisotopic (exact) mass is 537 g/mol. The van der Waals surface area contributed by atoms with Gasteiger partial charge in [-0.1, -0.05) is 75.4 Å². The topological polar surface area (TPSA) is 54.3 Å². The van der Waals surface area contributed by atoms with E-state index in [9.17, 15) is 9.18 Å². The summed E-state index contributed by atoms with van der Waals surface area (Å²) in [5.41, 5.74) is 4.27. The molecule has 2 aliphatic heterocycles. The third kappa shape index (κ3) is 5.68. The van der Waals surface area contributed by atoms with Crippen LogP contribution in [-0.2, 0) is 11.2 Å². The molecule has 1 amide bonds. The molecule has 198 valence electrons. The van der Waals surface area contributed by atoms with Gasteiger partial charge < -0.3 is 4.43 Å². The second-order valence-corrected chi connectivity index (χ2v) is 16.0. The molecule has 0 radical (unpaired) electrons. The van der Waals surface area contributed by atoms with E-state index >= 15 is 0 Å². The summed E-state index contributed by atoms with van der Waals surface area (Å²) in [6, 6.07) is 23.9. The number of aliphatic imine (C=N–C) groups is 2. The Hall–Kier alpha value is -4.10. The maximum absolute atomic E-state index is 13.5. The number of rotatable bonds is 6. The molecule has 3 aromatic carbocycles. The zero-order valence-electron chi connectivity index (χ0n) is 22.9. The van der Waals surface area contributed by atoms with E-state index < -0.39 is 8.32 Å². The van der Waals surface area contributed by atoms with Gasteiger partial charge >= 0.3 is 0 Å². The summed E-state index contributed by atoms with van der Waals surface area (Å²) in [7, 11) is -2.03. The van der Waals surface area contributed by atoms with Gasteiger partial charge in [-0.15, -0.1) is 0 Å². The summed E-state index contributed by atoms with van der Waals surface area (Å²) in [6.45, 7) is 11.1. The van der Waals surface area contributed by atoms with Crippen molar-refractivity contribution >= 4 is 37.5 Å². The zero-order valence-corrected chi connectivity index (χ0v) is 23.9. The summed E-state index contributed by atoms with van der Waals surface area (Å²) < 4.78 is 19.9. The first-order valence-electron chi connectivity index (χ1n) is 13.0. The minimum Gasteiger partial charge on any atom is -0.543 e. The molecule has 0 saturated carbocycles. The fourth-order valence-electron chi connectivity index (χ4n) is 4.13. The van der Waals surface area contributed by atoms with Crippen LogP contribution in [0.3, 0.4) is 0 Å². The molecule has 0 aliphatic carbocycles. The number of fused-ring (bicyclic) bond motifs is 1. The number of hydrogen-bond acceptors (Lipinski definition) is 4. The molecule has 0 spiro atoms. The molecule has 0 saturated heterocycles. The SMILES string of the molecule is CC(C)(C)[Si](C)(C)Oc1cccc(C2=CN3C(=O)/C(=C/c4ccc(F)cc4)N=C3C(Cc3ccccc3)=N2)c1. The van der Waals surface area contributed by atoms with Crippen LogP contribution in [0.5, 0.6) is 5.75 Å². The Morgan fingerprint density at radius 2 is 1.67 bits per heavy atom. The lowest BCUT2D eigenvalue weighted by atomic mass is 10.0. The van der Waals surface area contributed by atoms with Crippen LogP contribution in [0.2, 0.25) is 18.1 Å². The van der Waals surface area contributed by atoms with Crippen molar-refractivity contribution in [2.24, 2.45) is 9.98 Å². The van der Waals surface area contributed by atoms with Crippen molar-refractivity contribution in [2.45, 2.75) is 45.3 Å². The summed E-state index contributed by atoms with van der Waals surface area (Å²) in [6.07, 6.45) is 3.94. The zero-order chi connectivity index (χ0) is 27.8. The highest BCUT2D eigenvalue weighted by Gasteiger charge is 2.39. The van der Waals surface area contributed by atoms with E-state index in [4.69, 9.17) is 9.42 Å². The summed E-state index contributed by atoms with van der Waals surface area (Å²) in [5, 5.41) is 0.0642. The van der Waals surface area contributed by atoms with Crippen molar-refractivity contribution in [2.75, 3.05) is 0 Å². The number of halogens is 1. The van der Waals surface area contributed by atoms with Gasteiger partial charge in [0.1, 0.15) is 17.3 Å². The molecule has 5 rings (SSSR count). The van der Waals surface area contributed by atoms with Crippen molar-refractivity contribution in [1.29, 1.82) is 0 Å². The largest absolute Gasteiger partial charge is 0.543 e. The molecule has 0 fully saturated rings. The minimum atomic E-state index is -2.03. The van der Waals surface area contributed by atoms with Gasteiger partial charge in [0.05, 0.1) is 11.4 Å². The quantitative estimate of drug-likeness (QED) is 0.242. The van der Waals surface area contributed by atoms with E-state index in [1.54, 1.807) is 29.3 Å². The van der Waals surface area contributed by atoms with Crippen LogP contribution in [0.4, 0.5) is 4.39 Å². The average molecular weight is 538 g/mol. The summed E-state index contributed by atoms with van der Waals surface area (Å²) in [5.74, 6) is 0.725. The molecule has 39 heavy (non-hydrogen) atoms. The standard InChI is InChI=1S/C32H32FN3O2Si/c1-32(2,3)39(4,5)38-26-13-9-12-24(20-26)29-21-36-30(27(34-29)18-22-10-7-6-8-11-22)35-28(31(36)37)19-23-14-16-25(33)17-15-23/h6-17,19-21H,18H2,1-5H3/b28-19-. The highest BCUT2D eigenvalue weighted by atomic mass is 28.4. The predicted octanol–water partition coefficient (Wildman–Crippen LogP) is 7.49. The maximum Gasteiger partial charge on any atom is 0.282 e. The van der Waals surface area contributed by atoms with E-state index in [1.165, 1.54) is 12.1 Å². The number of carbonyl (C=O) groups excluding carboxylic acids is 1. The number of amides is 1. The number of amidine groups is 1. The molecule has 0 bridgehead atoms. The molecule has 2 heterocycles. The molecule has 7 heteroatoms. The first-order chi connectivity index (χ1) is 18.5. The molecular weight excluding hydrogens is 505 g/mol. The summed E-state index contributed by atoms with van der Waals surface area (Å²) >= 11 is 0. The van der Waals surface area contributed by atoms with Gasteiger partial charge in [0.25, 0.3) is 5.91 Å². The maximum atomic E-state index is 13.5. The van der Waals surface area contributed by atoms with Crippen LogP contribution in [-0.4, -0.2) is 30.7 Å². The molecular formula is C32H32FN3O2Si. The predicted molar refractivity (Wildman–Crippen MR) is 158 cm³/mol. The smallest absolute Gasteiger partial charge is 0.282 e. The Kier molecular flexibility index (Phi) is 6.95. The average Bonchev–Trinajstić information content (AvgIpc) is 3.20. The number of benzene rings is 3. The molecule has 2 aliphatic rings. The van der Waals surface area contributed by atoms with Gasteiger partial charge in [0, 0.05) is 18.2 Å². The molecule has 0 atom stereocenters. The highest BCUT2D eigenvalue weighted by Crippen LogP contribution is 2.38. The number of nitrogens with zero attached hydrogens (tertiary/aromatic N) is 3. The van der Waals surface area contributed by atoms with E-state index in [1.807, 2.05) is 54.6 Å². The van der Waals surface area contributed by atoms with Gasteiger partial charge in [0.15, 0.2) is 5.84 Å². The van der Waals surface area contributed by atoms with Gasteiger partial charge in [-0.05, 0) is 59.6 Å². The number of carbonyl (C=O) groups is 1. The van der Waals surface area contributed by atoms with Gasteiger partial charge in [-0.3, -0.25) is 9.69 Å². The Labute approximate surface area is 230 Å². The third-order valence-corrected chi connectivity index (χ3v) is 11.7. The first kappa shape index (κ1) is 26.5. The van der Waals surface area contributed by atoms with Crippen molar-refractivity contribution in [3.8, 4) is 5.75 Å². The number of hydrogen-bond donors (Lipinski definition) is 0. The molecule has 5 nitrogen and oxygen atoms in total. The lowest BCUT2D eigenvalue weighted by Gasteiger charge is -2.36. The Balaban J connectivity index is 1.53. The van der Waals surface area contributed by atoms with Gasteiger partial charge in [0.2, 0.25) is 8.32 Å². The highest BCUT2D eigenvalue weighted by molar-refractivity contribution is 6.74. The van der Waals surface area contributed by atoms with E-state index in [-0.39, 0.29) is 22.5 Å². The molecule has 0 N–H and O–H groups in total. The van der Waals surface area contributed by atoms with Crippen LogP contribution in [0.25, 0.3) is 11.8 Å². The van der Waals surface area contributed by atoms with Crippen LogP contribution in [0.15, 0.2) is 101 Å². The fourth-order valence-corrected chi connectivity index (χ4v) is 5.15. The Bertz CT molecular complexity index is 1530. The minimum absolute atomic E-state index is 0.0642. The van der Waals surface area contributed by atoms with E-state index in [2.05, 4.69) is 38.9 Å². The van der Waals surface area contributed by atoms with Crippen molar-refractivity contribution in [3.63, 3.8) is 0 Å². The lowest BCUT2D eigenvalue weighted by molar-refractivity contribution is -0.120. The van der Waals surface area contributed by atoms with E-state index in [0.29, 0.717) is 29.2 Å². The Morgan fingerprint density at radius 3 is 2.36 bits per heavy atom. The second kappa shape index (κ2) is 10.2. The summed E-state index contributed by atoms with van der Waals surface area (Å²) in [4.78, 5) is 24.7. The lowest BCUT2D eigenvalue weighted by Crippen LogP contribution is -2.43. The molecule has 0 unspecified atom stereocenters. The van der Waals surface area contributed by atoms with Crippen molar-refractivity contribution < 1.29 is 13.6 Å². The van der Waals surface area contributed by atoms with Crippen LogP contribution in [0, 0.1) is 5.82 Å². The normalized spacial score (nSPS) is 16.6. The Morgan fingerprint density at radius 1 is 0.949 bits per heavy atom. The van der Waals surface area contributed by atoms with Crippen molar-refractivity contribution in [3.05, 3.63) is 113 Å². The first-order valence-corrected chi connectivity index (χ1v) is 15.9. The van der Waals surface area contributed by atoms with Crippen LogP contribution >= 0.6 is 0 Å². The second-order valence-electron chi connectivity index (χ2n) is 11.3. The van der Waals surface area contributed by atoms with Crippen LogP contribution in [0.1, 0.15) is 37.5 Å². The van der Waals surface area contributed by atoms with Crippen LogP contribution < -0.4 is 4.43 Å². The van der Waals surface area contributed by atoms with E-state index in [0.717, 1.165) is 16.9 Å². The molecule has 3 aromatic rings. The third-order valence-electron chi connectivity index (χ3n) is 7.35. The molecule has 0 aromatic heterocycles. The fraction of sp³-hybridized carbons (Fsp3) is 0.219. The van der Waals surface area contributed by atoms with Gasteiger partial charge in [-0.25, -0.2) is 14.4 Å². The van der Waals surface area contributed by atoms with Crippen molar-refractivity contribution in [1.82, 2.24) is 4.90 Å².